The van der Waals surface area contributed by atoms with Crippen LogP contribution in [-0.4, -0.2) is 17.6 Å². The molecule has 0 heterocycles. The minimum absolute atomic E-state index is 0.232. The molecule has 0 rings (SSSR count). The van der Waals surface area contributed by atoms with Crippen molar-refractivity contribution in [2.24, 2.45) is 5.92 Å². The molecule has 1 nitrogen and oxygen atoms in total. The van der Waals surface area contributed by atoms with Crippen LogP contribution in [0, 0.1) is 5.92 Å². The molecular formula is C9H18F2O. The largest absolute Gasteiger partial charge is 0.387 e. The van der Waals surface area contributed by atoms with Crippen molar-refractivity contribution in [2.75, 3.05) is 0 Å². The van der Waals surface area contributed by atoms with Crippen molar-refractivity contribution in [2.45, 2.75) is 52.1 Å². The highest BCUT2D eigenvalue weighted by molar-refractivity contribution is 4.69. The van der Waals surface area contributed by atoms with E-state index >= 15 is 0 Å². The van der Waals surface area contributed by atoms with Crippen LogP contribution in [0.1, 0.15) is 39.5 Å². The minimum Gasteiger partial charge on any atom is -0.387 e. The fraction of sp³-hybridized carbons (Fsp3) is 1.00. The first kappa shape index (κ1) is 11.8. The first-order chi connectivity index (χ1) is 5.63. The van der Waals surface area contributed by atoms with E-state index in [4.69, 9.17) is 5.11 Å². The van der Waals surface area contributed by atoms with Crippen molar-refractivity contribution in [3.63, 3.8) is 0 Å². The molecule has 0 saturated heterocycles. The van der Waals surface area contributed by atoms with Crippen LogP contribution in [0.5, 0.6) is 0 Å². The molecule has 0 aromatic heterocycles. The van der Waals surface area contributed by atoms with Gasteiger partial charge in [-0.3, -0.25) is 0 Å². The summed E-state index contributed by atoms with van der Waals surface area (Å²) in [7, 11) is 0. The van der Waals surface area contributed by atoms with Crippen LogP contribution in [0.25, 0.3) is 0 Å². The summed E-state index contributed by atoms with van der Waals surface area (Å²) < 4.78 is 24.1. The number of hydrogen-bond donors (Lipinski definition) is 1. The Labute approximate surface area is 72.8 Å². The number of unbranched alkanes of at least 4 members (excludes halogenated alkanes) is 1. The molecule has 0 spiro atoms. The third kappa shape index (κ3) is 4.00. The van der Waals surface area contributed by atoms with E-state index in [9.17, 15) is 8.78 Å². The average Bonchev–Trinajstić information content (AvgIpc) is 2.05. The van der Waals surface area contributed by atoms with Crippen molar-refractivity contribution in [1.29, 1.82) is 0 Å². The van der Waals surface area contributed by atoms with Crippen LogP contribution in [-0.2, 0) is 0 Å². The zero-order valence-corrected chi connectivity index (χ0v) is 7.76. The molecule has 74 valence electrons. The monoisotopic (exact) mass is 180 g/mol. The zero-order chi connectivity index (χ0) is 9.56. The Bertz CT molecular complexity index is 107. The smallest absolute Gasteiger partial charge is 0.264 e. The summed E-state index contributed by atoms with van der Waals surface area (Å²) in [6, 6.07) is 0. The van der Waals surface area contributed by atoms with Gasteiger partial charge in [0.25, 0.3) is 6.43 Å². The third-order valence-corrected chi connectivity index (χ3v) is 2.19. The Kier molecular flexibility index (Phi) is 6.25. The lowest BCUT2D eigenvalue weighted by atomic mass is 9.94. The second kappa shape index (κ2) is 6.35. The number of halogens is 2. The van der Waals surface area contributed by atoms with Gasteiger partial charge in [-0.15, -0.1) is 0 Å². The van der Waals surface area contributed by atoms with Gasteiger partial charge in [-0.25, -0.2) is 8.78 Å². The fourth-order valence-corrected chi connectivity index (χ4v) is 1.29. The normalized spacial score (nSPS) is 16.5. The van der Waals surface area contributed by atoms with Crippen molar-refractivity contribution in [1.82, 2.24) is 0 Å². The van der Waals surface area contributed by atoms with E-state index in [0.717, 1.165) is 12.8 Å². The standard InChI is InChI=1S/C9H18F2O/c1-3-5-6-7(4-2)8(12)9(10)11/h7-9,12H,3-6H2,1-2H3/t7-,8+/m1/s1. The van der Waals surface area contributed by atoms with E-state index in [1.807, 2.05) is 13.8 Å². The molecule has 0 radical (unpaired) electrons. The summed E-state index contributed by atoms with van der Waals surface area (Å²) in [5.74, 6) is -0.232. The van der Waals surface area contributed by atoms with Gasteiger partial charge in [0.2, 0.25) is 0 Å². The Morgan fingerprint density at radius 2 is 1.83 bits per heavy atom. The van der Waals surface area contributed by atoms with Gasteiger partial charge in [0.1, 0.15) is 6.10 Å². The summed E-state index contributed by atoms with van der Waals surface area (Å²) in [6.45, 7) is 3.85. The van der Waals surface area contributed by atoms with Gasteiger partial charge in [0.15, 0.2) is 0 Å². The number of aliphatic hydroxyl groups excluding tert-OH is 1. The lowest BCUT2D eigenvalue weighted by Gasteiger charge is -2.20. The van der Waals surface area contributed by atoms with Crippen molar-refractivity contribution < 1.29 is 13.9 Å². The number of alkyl halides is 2. The molecule has 0 bridgehead atoms. The van der Waals surface area contributed by atoms with Crippen LogP contribution >= 0.6 is 0 Å². The molecule has 0 aliphatic heterocycles. The van der Waals surface area contributed by atoms with E-state index in [0.29, 0.717) is 12.8 Å². The van der Waals surface area contributed by atoms with Gasteiger partial charge >= 0.3 is 0 Å². The maximum atomic E-state index is 12.0. The number of rotatable bonds is 6. The summed E-state index contributed by atoms with van der Waals surface area (Å²) in [4.78, 5) is 0. The van der Waals surface area contributed by atoms with Crippen molar-refractivity contribution >= 4 is 0 Å². The van der Waals surface area contributed by atoms with Gasteiger partial charge in [0, 0.05) is 0 Å². The summed E-state index contributed by atoms with van der Waals surface area (Å²) in [5, 5.41) is 9.06. The van der Waals surface area contributed by atoms with Crippen molar-refractivity contribution in [3.8, 4) is 0 Å². The average molecular weight is 180 g/mol. The maximum Gasteiger partial charge on any atom is 0.264 e. The molecule has 0 aliphatic carbocycles. The van der Waals surface area contributed by atoms with Gasteiger partial charge in [-0.05, 0) is 12.3 Å². The highest BCUT2D eigenvalue weighted by atomic mass is 19.3. The summed E-state index contributed by atoms with van der Waals surface area (Å²) in [6.07, 6.45) is -0.771. The molecule has 0 amide bonds. The van der Waals surface area contributed by atoms with E-state index < -0.39 is 12.5 Å². The lowest BCUT2D eigenvalue weighted by molar-refractivity contribution is -0.0420. The molecule has 0 aromatic rings. The topological polar surface area (TPSA) is 20.2 Å². The molecule has 0 aliphatic rings. The Morgan fingerprint density at radius 3 is 2.17 bits per heavy atom. The molecule has 2 atom stereocenters. The Balaban J connectivity index is 3.79. The van der Waals surface area contributed by atoms with E-state index in [-0.39, 0.29) is 5.92 Å². The Morgan fingerprint density at radius 1 is 1.25 bits per heavy atom. The summed E-state index contributed by atoms with van der Waals surface area (Å²) >= 11 is 0. The highest BCUT2D eigenvalue weighted by Crippen LogP contribution is 2.21. The van der Waals surface area contributed by atoms with Crippen LogP contribution in [0.4, 0.5) is 8.78 Å². The van der Waals surface area contributed by atoms with Crippen LogP contribution in [0.2, 0.25) is 0 Å². The molecule has 3 heteroatoms. The van der Waals surface area contributed by atoms with E-state index in [1.54, 1.807) is 0 Å². The maximum absolute atomic E-state index is 12.0. The molecule has 0 fully saturated rings. The van der Waals surface area contributed by atoms with Gasteiger partial charge in [-0.2, -0.15) is 0 Å². The number of aliphatic hydroxyl groups is 1. The van der Waals surface area contributed by atoms with Crippen LogP contribution in [0.15, 0.2) is 0 Å². The van der Waals surface area contributed by atoms with Crippen molar-refractivity contribution in [3.05, 3.63) is 0 Å². The minimum atomic E-state index is -2.59. The van der Waals surface area contributed by atoms with Gasteiger partial charge in [-0.1, -0.05) is 33.1 Å². The predicted octanol–water partition coefficient (Wildman–Crippen LogP) is 2.83. The van der Waals surface area contributed by atoms with Gasteiger partial charge < -0.3 is 5.11 Å². The highest BCUT2D eigenvalue weighted by Gasteiger charge is 2.25. The van der Waals surface area contributed by atoms with E-state index in [1.165, 1.54) is 0 Å². The van der Waals surface area contributed by atoms with Crippen LogP contribution < -0.4 is 0 Å². The fourth-order valence-electron chi connectivity index (χ4n) is 1.29. The first-order valence-electron chi connectivity index (χ1n) is 4.59. The SMILES string of the molecule is CCCC[C@@H](CC)[C@H](O)C(F)F. The summed E-state index contributed by atoms with van der Waals surface area (Å²) in [5.41, 5.74) is 0. The Hall–Kier alpha value is -0.180. The molecule has 12 heavy (non-hydrogen) atoms. The first-order valence-corrected chi connectivity index (χ1v) is 4.59. The van der Waals surface area contributed by atoms with E-state index in [2.05, 4.69) is 0 Å². The molecule has 0 saturated carbocycles. The quantitative estimate of drug-likeness (QED) is 0.666. The lowest BCUT2D eigenvalue weighted by Crippen LogP contribution is -2.27. The molecular weight excluding hydrogens is 162 g/mol. The number of hydrogen-bond acceptors (Lipinski definition) is 1. The zero-order valence-electron chi connectivity index (χ0n) is 7.76. The third-order valence-electron chi connectivity index (χ3n) is 2.19. The molecule has 0 unspecified atom stereocenters. The van der Waals surface area contributed by atoms with Gasteiger partial charge in [0.05, 0.1) is 0 Å². The predicted molar refractivity (Wildman–Crippen MR) is 45.3 cm³/mol. The van der Waals surface area contributed by atoms with Crippen LogP contribution in [0.3, 0.4) is 0 Å². The molecule has 1 N–H and O–H groups in total. The molecule has 0 aromatic carbocycles. The second-order valence-electron chi connectivity index (χ2n) is 3.14. The second-order valence-corrected chi connectivity index (χ2v) is 3.14.